The van der Waals surface area contributed by atoms with Crippen LogP contribution < -0.4 is 10.6 Å². The molecule has 0 saturated carbocycles. The first-order chi connectivity index (χ1) is 10.1. The molecule has 21 heavy (non-hydrogen) atoms. The van der Waals surface area contributed by atoms with Crippen molar-refractivity contribution >= 4 is 33.6 Å². The molecule has 2 heterocycles. The third-order valence-electron chi connectivity index (χ3n) is 3.86. The van der Waals surface area contributed by atoms with Crippen LogP contribution in [0, 0.1) is 0 Å². The van der Waals surface area contributed by atoms with Gasteiger partial charge in [-0.25, -0.2) is 0 Å². The Bertz CT molecular complexity index is 737. The van der Waals surface area contributed by atoms with Crippen LogP contribution in [0.1, 0.15) is 11.8 Å². The van der Waals surface area contributed by atoms with Gasteiger partial charge in [-0.05, 0) is 42.6 Å². The molecule has 0 bridgehead atoms. The van der Waals surface area contributed by atoms with E-state index in [9.17, 15) is 0 Å². The third-order valence-corrected chi connectivity index (χ3v) is 4.76. The molecule has 2 N–H and O–H groups in total. The highest BCUT2D eigenvalue weighted by molar-refractivity contribution is 7.09. The van der Waals surface area contributed by atoms with E-state index < -0.39 is 0 Å². The van der Waals surface area contributed by atoms with Gasteiger partial charge in [0.05, 0.1) is 5.52 Å². The van der Waals surface area contributed by atoms with Crippen LogP contribution in [-0.4, -0.2) is 18.1 Å². The van der Waals surface area contributed by atoms with Gasteiger partial charge in [0.2, 0.25) is 0 Å². The number of hydrogen-bond acceptors (Lipinski definition) is 4. The van der Waals surface area contributed by atoms with Crippen molar-refractivity contribution < 1.29 is 0 Å². The molecule has 3 aromatic rings. The first-order valence-corrected chi connectivity index (χ1v) is 7.92. The van der Waals surface area contributed by atoms with Crippen LogP contribution in [0.25, 0.3) is 10.9 Å². The maximum atomic E-state index is 5.85. The fourth-order valence-electron chi connectivity index (χ4n) is 2.55. The molecule has 4 heteroatoms. The van der Waals surface area contributed by atoms with E-state index in [0.29, 0.717) is 6.04 Å². The van der Waals surface area contributed by atoms with Crippen molar-refractivity contribution in [2.75, 3.05) is 17.7 Å². The smallest absolute Gasteiger partial charge is 0.0743 e. The highest BCUT2D eigenvalue weighted by Gasteiger charge is 2.14. The Morgan fingerprint density at radius 2 is 2.14 bits per heavy atom. The van der Waals surface area contributed by atoms with Gasteiger partial charge in [0.15, 0.2) is 0 Å². The number of fused-ring (bicyclic) bond motifs is 1. The number of likely N-dealkylation sites (N-methyl/N-ethyl adjacent to an activating group) is 1. The highest BCUT2D eigenvalue weighted by Crippen LogP contribution is 2.28. The molecule has 0 fully saturated rings. The number of benzene rings is 1. The zero-order chi connectivity index (χ0) is 14.8. The summed E-state index contributed by atoms with van der Waals surface area (Å²) in [6, 6.07) is 12.7. The van der Waals surface area contributed by atoms with Gasteiger partial charge in [-0.15, -0.1) is 11.3 Å². The van der Waals surface area contributed by atoms with Gasteiger partial charge >= 0.3 is 0 Å². The number of hydrogen-bond donors (Lipinski definition) is 1. The van der Waals surface area contributed by atoms with Crippen LogP contribution in [0.2, 0.25) is 0 Å². The fourth-order valence-corrected chi connectivity index (χ4v) is 3.38. The number of pyridine rings is 1. The number of rotatable bonds is 4. The summed E-state index contributed by atoms with van der Waals surface area (Å²) in [4.78, 5) is 8.15. The van der Waals surface area contributed by atoms with E-state index in [4.69, 9.17) is 5.73 Å². The van der Waals surface area contributed by atoms with Crippen molar-refractivity contribution in [1.29, 1.82) is 0 Å². The number of nitrogen functional groups attached to an aromatic ring is 1. The molecule has 0 aliphatic carbocycles. The molecule has 3 nitrogen and oxygen atoms in total. The van der Waals surface area contributed by atoms with Crippen LogP contribution in [0.15, 0.2) is 48.0 Å². The fraction of sp³-hybridized carbons (Fsp3) is 0.235. The molecule has 108 valence electrons. The van der Waals surface area contributed by atoms with Crippen LogP contribution in [-0.2, 0) is 6.42 Å². The monoisotopic (exact) mass is 297 g/mol. The maximum Gasteiger partial charge on any atom is 0.0743 e. The molecular formula is C17H19N3S. The van der Waals surface area contributed by atoms with Gasteiger partial charge in [-0.3, -0.25) is 4.98 Å². The van der Waals surface area contributed by atoms with Gasteiger partial charge in [0.25, 0.3) is 0 Å². The number of nitrogens with zero attached hydrogens (tertiary/aromatic N) is 2. The van der Waals surface area contributed by atoms with Gasteiger partial charge in [0, 0.05) is 47.3 Å². The largest absolute Gasteiger partial charge is 0.399 e. The Balaban J connectivity index is 1.92. The van der Waals surface area contributed by atoms with E-state index >= 15 is 0 Å². The molecule has 0 saturated heterocycles. The van der Waals surface area contributed by atoms with Crippen molar-refractivity contribution in [2.45, 2.75) is 19.4 Å². The first-order valence-electron chi connectivity index (χ1n) is 7.04. The summed E-state index contributed by atoms with van der Waals surface area (Å²) in [7, 11) is 2.14. The Kier molecular flexibility index (Phi) is 3.80. The zero-order valence-corrected chi connectivity index (χ0v) is 13.1. The van der Waals surface area contributed by atoms with Crippen molar-refractivity contribution in [3.05, 3.63) is 52.9 Å². The average Bonchev–Trinajstić information content (AvgIpc) is 2.98. The molecule has 1 unspecified atom stereocenters. The number of nitrogens with two attached hydrogens (primary N) is 1. The summed E-state index contributed by atoms with van der Waals surface area (Å²) >= 11 is 1.81. The lowest BCUT2D eigenvalue weighted by molar-refractivity contribution is 0.690. The second-order valence-corrected chi connectivity index (χ2v) is 6.38. The number of anilines is 2. The summed E-state index contributed by atoms with van der Waals surface area (Å²) < 4.78 is 0. The van der Waals surface area contributed by atoms with Gasteiger partial charge in [0.1, 0.15) is 0 Å². The molecule has 3 rings (SSSR count). The molecular weight excluding hydrogens is 278 g/mol. The van der Waals surface area contributed by atoms with Crippen LogP contribution >= 0.6 is 11.3 Å². The molecule has 1 aromatic carbocycles. The number of thiophene rings is 1. The lowest BCUT2D eigenvalue weighted by Gasteiger charge is -2.28. The zero-order valence-electron chi connectivity index (χ0n) is 12.3. The minimum Gasteiger partial charge on any atom is -0.399 e. The Morgan fingerprint density at radius 3 is 2.90 bits per heavy atom. The predicted molar refractivity (Wildman–Crippen MR) is 92.0 cm³/mol. The standard InChI is InChI=1S/C17H19N3S/c1-12(10-14-4-3-9-21-14)20(2)17-7-8-19-16-11-13(18)5-6-15(16)17/h3-9,11-12H,10,18H2,1-2H3. The van der Waals surface area contributed by atoms with Crippen molar-refractivity contribution in [2.24, 2.45) is 0 Å². The van der Waals surface area contributed by atoms with E-state index in [2.05, 4.69) is 53.5 Å². The highest BCUT2D eigenvalue weighted by atomic mass is 32.1. The quantitative estimate of drug-likeness (QED) is 0.742. The Hall–Kier alpha value is -2.07. The summed E-state index contributed by atoms with van der Waals surface area (Å²) in [5, 5.41) is 3.28. The van der Waals surface area contributed by atoms with Gasteiger partial charge in [-0.2, -0.15) is 0 Å². The van der Waals surface area contributed by atoms with E-state index in [1.54, 1.807) is 0 Å². The minimum absolute atomic E-state index is 0.423. The summed E-state index contributed by atoms with van der Waals surface area (Å²) in [6.45, 7) is 2.25. The second-order valence-electron chi connectivity index (χ2n) is 5.35. The second kappa shape index (κ2) is 5.74. The van der Waals surface area contributed by atoms with Gasteiger partial charge < -0.3 is 10.6 Å². The summed E-state index contributed by atoms with van der Waals surface area (Å²) in [5.74, 6) is 0. The van der Waals surface area contributed by atoms with Crippen LogP contribution in [0.3, 0.4) is 0 Å². The molecule has 0 aliphatic heterocycles. The lowest BCUT2D eigenvalue weighted by atomic mass is 10.1. The summed E-state index contributed by atoms with van der Waals surface area (Å²) in [6.07, 6.45) is 2.90. The van der Waals surface area contributed by atoms with Gasteiger partial charge in [-0.1, -0.05) is 6.07 Å². The normalized spacial score (nSPS) is 12.5. The molecule has 2 aromatic heterocycles. The molecule has 0 aliphatic rings. The average molecular weight is 297 g/mol. The lowest BCUT2D eigenvalue weighted by Crippen LogP contribution is -2.30. The van der Waals surface area contributed by atoms with E-state index in [-0.39, 0.29) is 0 Å². The van der Waals surface area contributed by atoms with Crippen molar-refractivity contribution in [3.63, 3.8) is 0 Å². The van der Waals surface area contributed by atoms with Crippen LogP contribution in [0.4, 0.5) is 11.4 Å². The van der Waals surface area contributed by atoms with E-state index in [1.807, 2.05) is 29.7 Å². The number of aromatic nitrogens is 1. The molecule has 0 spiro atoms. The van der Waals surface area contributed by atoms with Crippen molar-refractivity contribution in [3.8, 4) is 0 Å². The molecule has 1 atom stereocenters. The predicted octanol–water partition coefficient (Wildman–Crippen LogP) is 3.95. The Morgan fingerprint density at radius 1 is 1.29 bits per heavy atom. The Labute approximate surface area is 129 Å². The summed E-state index contributed by atoms with van der Waals surface area (Å²) in [5.41, 5.74) is 8.74. The van der Waals surface area contributed by atoms with Crippen molar-refractivity contribution in [1.82, 2.24) is 4.98 Å². The van der Waals surface area contributed by atoms with Crippen LogP contribution in [0.5, 0.6) is 0 Å². The first kappa shape index (κ1) is 13.9. The SMILES string of the molecule is CC(Cc1cccs1)N(C)c1ccnc2cc(N)ccc12. The van der Waals surface area contributed by atoms with E-state index in [0.717, 1.165) is 23.0 Å². The molecule has 0 amide bonds. The van der Waals surface area contributed by atoms with E-state index in [1.165, 1.54) is 10.6 Å². The molecule has 0 radical (unpaired) electrons. The minimum atomic E-state index is 0.423. The third kappa shape index (κ3) is 2.85. The topological polar surface area (TPSA) is 42.2 Å². The maximum absolute atomic E-state index is 5.85.